The van der Waals surface area contributed by atoms with Gasteiger partial charge in [-0.2, -0.15) is 0 Å². The number of hydrogen-bond acceptors (Lipinski definition) is 4. The van der Waals surface area contributed by atoms with E-state index in [1.165, 1.54) is 0 Å². The van der Waals surface area contributed by atoms with Gasteiger partial charge in [0.1, 0.15) is 5.82 Å². The molecule has 0 fully saturated rings. The summed E-state index contributed by atoms with van der Waals surface area (Å²) in [6.07, 6.45) is 1.62. The van der Waals surface area contributed by atoms with Crippen LogP contribution in [-0.2, 0) is 0 Å². The summed E-state index contributed by atoms with van der Waals surface area (Å²) in [5, 5.41) is 3.86. The van der Waals surface area contributed by atoms with Gasteiger partial charge in [-0.3, -0.25) is 0 Å². The highest BCUT2D eigenvalue weighted by Crippen LogP contribution is 2.23. The summed E-state index contributed by atoms with van der Waals surface area (Å²) in [5.41, 5.74) is 3.86. The molecule has 0 atom stereocenters. The summed E-state index contributed by atoms with van der Waals surface area (Å²) < 4.78 is 1.16. The summed E-state index contributed by atoms with van der Waals surface area (Å²) in [6.45, 7) is 0. The van der Waals surface area contributed by atoms with Gasteiger partial charge in [0, 0.05) is 11.9 Å². The van der Waals surface area contributed by atoms with Crippen LogP contribution in [0.5, 0.6) is 0 Å². The van der Waals surface area contributed by atoms with Crippen LogP contribution in [-0.4, -0.2) is 9.97 Å². The predicted molar refractivity (Wildman–Crippen MR) is 72.1 cm³/mol. The van der Waals surface area contributed by atoms with Crippen LogP contribution in [0.25, 0.3) is 10.2 Å². The molecular formula is C12H8ClN3S. The average Bonchev–Trinajstić information content (AvgIpc) is 2.79. The Hall–Kier alpha value is -1.65. The summed E-state index contributed by atoms with van der Waals surface area (Å²) in [6, 6.07) is 9.69. The van der Waals surface area contributed by atoms with Crippen LogP contribution < -0.4 is 5.32 Å². The second-order valence-corrected chi connectivity index (χ2v) is 4.84. The number of aromatic nitrogens is 2. The first-order chi connectivity index (χ1) is 8.31. The molecule has 0 amide bonds. The molecule has 3 nitrogen and oxygen atoms in total. The van der Waals surface area contributed by atoms with Crippen LogP contribution in [0.4, 0.5) is 11.5 Å². The van der Waals surface area contributed by atoms with E-state index in [0.717, 1.165) is 21.7 Å². The van der Waals surface area contributed by atoms with Gasteiger partial charge in [0.05, 0.1) is 20.7 Å². The van der Waals surface area contributed by atoms with Crippen LogP contribution in [0, 0.1) is 0 Å². The zero-order valence-electron chi connectivity index (χ0n) is 8.72. The Labute approximate surface area is 107 Å². The largest absolute Gasteiger partial charge is 0.340 e. The van der Waals surface area contributed by atoms with Crippen LogP contribution in [0.2, 0.25) is 5.02 Å². The topological polar surface area (TPSA) is 37.8 Å². The number of fused-ring (bicyclic) bond motifs is 1. The van der Waals surface area contributed by atoms with Crippen molar-refractivity contribution in [2.45, 2.75) is 0 Å². The van der Waals surface area contributed by atoms with E-state index in [-0.39, 0.29) is 0 Å². The van der Waals surface area contributed by atoms with Crippen molar-refractivity contribution in [1.82, 2.24) is 9.97 Å². The molecule has 0 aliphatic rings. The highest BCUT2D eigenvalue weighted by atomic mass is 35.5. The highest BCUT2D eigenvalue weighted by molar-refractivity contribution is 7.16. The molecule has 2 aromatic heterocycles. The smallest absolute Gasteiger partial charge is 0.130 e. The van der Waals surface area contributed by atoms with Gasteiger partial charge >= 0.3 is 0 Å². The zero-order chi connectivity index (χ0) is 11.7. The summed E-state index contributed by atoms with van der Waals surface area (Å²) >= 11 is 7.40. The number of halogens is 1. The number of nitrogens with zero attached hydrogens (tertiary/aromatic N) is 2. The van der Waals surface area contributed by atoms with Crippen LogP contribution in [0.15, 0.2) is 42.0 Å². The summed E-state index contributed by atoms with van der Waals surface area (Å²) in [7, 11) is 0. The van der Waals surface area contributed by atoms with Gasteiger partial charge in [-0.05, 0) is 30.3 Å². The number of hydrogen-bond donors (Lipinski definition) is 1. The van der Waals surface area contributed by atoms with Crippen molar-refractivity contribution >= 4 is 44.7 Å². The molecule has 0 spiro atoms. The molecule has 0 aliphatic heterocycles. The Kier molecular flexibility index (Phi) is 2.66. The predicted octanol–water partition coefficient (Wildman–Crippen LogP) is 4.09. The number of pyridine rings is 1. The lowest BCUT2D eigenvalue weighted by atomic mass is 10.3. The van der Waals surface area contributed by atoms with Gasteiger partial charge in [0.15, 0.2) is 0 Å². The maximum Gasteiger partial charge on any atom is 0.130 e. The molecule has 5 heteroatoms. The van der Waals surface area contributed by atoms with Crippen molar-refractivity contribution in [1.29, 1.82) is 0 Å². The van der Waals surface area contributed by atoms with E-state index in [9.17, 15) is 0 Å². The zero-order valence-corrected chi connectivity index (χ0v) is 10.3. The minimum atomic E-state index is 0.633. The average molecular weight is 262 g/mol. The first kappa shape index (κ1) is 10.5. The molecule has 3 aromatic rings. The lowest BCUT2D eigenvalue weighted by Gasteiger charge is -2.04. The SMILES string of the molecule is Clc1ccc(Nc2ccc3ncsc3c2)nc1. The molecule has 0 saturated carbocycles. The summed E-state index contributed by atoms with van der Waals surface area (Å²) in [5.74, 6) is 0.776. The van der Waals surface area contributed by atoms with Crippen molar-refractivity contribution in [2.75, 3.05) is 5.32 Å². The van der Waals surface area contributed by atoms with Crippen molar-refractivity contribution < 1.29 is 0 Å². The first-order valence-electron chi connectivity index (χ1n) is 5.03. The molecule has 3 rings (SSSR count). The van der Waals surface area contributed by atoms with E-state index in [1.807, 2.05) is 29.8 Å². The van der Waals surface area contributed by atoms with E-state index in [2.05, 4.69) is 21.4 Å². The Bertz CT molecular complexity index is 648. The second-order valence-electron chi connectivity index (χ2n) is 3.52. The van der Waals surface area contributed by atoms with Gasteiger partial charge in [-0.1, -0.05) is 11.6 Å². The number of benzene rings is 1. The summed E-state index contributed by atoms with van der Waals surface area (Å²) in [4.78, 5) is 8.42. The number of nitrogens with one attached hydrogen (secondary N) is 1. The van der Waals surface area contributed by atoms with Gasteiger partial charge in [0.25, 0.3) is 0 Å². The van der Waals surface area contributed by atoms with Crippen LogP contribution in [0.3, 0.4) is 0 Å². The Balaban J connectivity index is 1.91. The molecule has 2 heterocycles. The molecule has 0 saturated heterocycles. The van der Waals surface area contributed by atoms with Gasteiger partial charge in [-0.15, -0.1) is 11.3 Å². The normalized spacial score (nSPS) is 10.6. The molecular weight excluding hydrogens is 254 g/mol. The van der Waals surface area contributed by atoms with Crippen molar-refractivity contribution in [2.24, 2.45) is 0 Å². The molecule has 17 heavy (non-hydrogen) atoms. The van der Waals surface area contributed by atoms with Crippen LogP contribution >= 0.6 is 22.9 Å². The maximum absolute atomic E-state index is 5.78. The molecule has 84 valence electrons. The second kappa shape index (κ2) is 4.31. The van der Waals surface area contributed by atoms with Crippen molar-refractivity contribution in [3.05, 3.63) is 47.1 Å². The molecule has 1 aromatic carbocycles. The third-order valence-corrected chi connectivity index (χ3v) is 3.35. The first-order valence-corrected chi connectivity index (χ1v) is 6.29. The van der Waals surface area contributed by atoms with Gasteiger partial charge in [0.2, 0.25) is 0 Å². The number of anilines is 2. The lowest BCUT2D eigenvalue weighted by molar-refractivity contribution is 1.31. The molecule has 0 aliphatic carbocycles. The van der Waals surface area contributed by atoms with E-state index in [4.69, 9.17) is 11.6 Å². The third kappa shape index (κ3) is 2.23. The van der Waals surface area contributed by atoms with E-state index in [1.54, 1.807) is 17.5 Å². The standard InChI is InChI=1S/C12H8ClN3S/c13-8-1-4-12(14-6-8)16-9-2-3-10-11(5-9)17-7-15-10/h1-7H,(H,14,16). The van der Waals surface area contributed by atoms with E-state index >= 15 is 0 Å². The van der Waals surface area contributed by atoms with E-state index < -0.39 is 0 Å². The highest BCUT2D eigenvalue weighted by Gasteiger charge is 2.00. The minimum Gasteiger partial charge on any atom is -0.340 e. The lowest BCUT2D eigenvalue weighted by Crippen LogP contribution is -1.92. The molecule has 0 bridgehead atoms. The fourth-order valence-electron chi connectivity index (χ4n) is 1.53. The monoisotopic (exact) mass is 261 g/mol. The number of rotatable bonds is 2. The molecule has 0 radical (unpaired) electrons. The fraction of sp³-hybridized carbons (Fsp3) is 0. The number of thiazole rings is 1. The Morgan fingerprint density at radius 3 is 2.88 bits per heavy atom. The maximum atomic E-state index is 5.78. The third-order valence-electron chi connectivity index (χ3n) is 2.33. The fourth-order valence-corrected chi connectivity index (χ4v) is 2.36. The van der Waals surface area contributed by atoms with Gasteiger partial charge < -0.3 is 5.32 Å². The minimum absolute atomic E-state index is 0.633. The Morgan fingerprint density at radius 2 is 2.06 bits per heavy atom. The quantitative estimate of drug-likeness (QED) is 0.755. The molecule has 0 unspecified atom stereocenters. The van der Waals surface area contributed by atoms with Crippen molar-refractivity contribution in [3.63, 3.8) is 0 Å². The van der Waals surface area contributed by atoms with E-state index in [0.29, 0.717) is 5.02 Å². The van der Waals surface area contributed by atoms with Crippen molar-refractivity contribution in [3.8, 4) is 0 Å². The Morgan fingerprint density at radius 1 is 1.12 bits per heavy atom. The molecule has 1 N–H and O–H groups in total. The van der Waals surface area contributed by atoms with Crippen LogP contribution in [0.1, 0.15) is 0 Å². The van der Waals surface area contributed by atoms with Gasteiger partial charge in [-0.25, -0.2) is 9.97 Å².